The number of sulfonamides is 1. The fourth-order valence-corrected chi connectivity index (χ4v) is 3.80. The van der Waals surface area contributed by atoms with Crippen molar-refractivity contribution >= 4 is 21.8 Å². The van der Waals surface area contributed by atoms with Gasteiger partial charge >= 0.3 is 0 Å². The number of carbonyl (C=O) groups excluding carboxylic acids is 2. The third-order valence-electron chi connectivity index (χ3n) is 4.26. The van der Waals surface area contributed by atoms with Crippen LogP contribution < -0.4 is 10.0 Å². The molecule has 0 heterocycles. The summed E-state index contributed by atoms with van der Waals surface area (Å²) in [5.41, 5.74) is 0.318. The standard InChI is InChI=1S/C17H21N3O4S/c1-12(19-17(22)14-5-3-2-4-6-14)16(21)20-25(23,24)15-9-7-13(11-18)8-10-15/h7-10,12,14H,2-6H2,1H3,(H,19,22)(H,20,21). The van der Waals surface area contributed by atoms with Crippen molar-refractivity contribution in [2.45, 2.75) is 50.0 Å². The second-order valence-electron chi connectivity index (χ2n) is 6.17. The highest BCUT2D eigenvalue weighted by Crippen LogP contribution is 2.23. The summed E-state index contributed by atoms with van der Waals surface area (Å²) in [6.45, 7) is 1.45. The number of nitrogens with one attached hydrogen (secondary N) is 2. The molecule has 0 aliphatic heterocycles. The van der Waals surface area contributed by atoms with Crippen LogP contribution in [-0.2, 0) is 19.6 Å². The molecule has 0 saturated heterocycles. The van der Waals surface area contributed by atoms with Crippen LogP contribution in [0.1, 0.15) is 44.6 Å². The highest BCUT2D eigenvalue weighted by Gasteiger charge is 2.26. The smallest absolute Gasteiger partial charge is 0.264 e. The summed E-state index contributed by atoms with van der Waals surface area (Å²) < 4.78 is 26.4. The largest absolute Gasteiger partial charge is 0.344 e. The minimum Gasteiger partial charge on any atom is -0.344 e. The van der Waals surface area contributed by atoms with Gasteiger partial charge in [-0.2, -0.15) is 5.26 Å². The van der Waals surface area contributed by atoms with E-state index in [4.69, 9.17) is 5.26 Å². The van der Waals surface area contributed by atoms with Crippen molar-refractivity contribution in [3.05, 3.63) is 29.8 Å². The van der Waals surface area contributed by atoms with E-state index >= 15 is 0 Å². The summed E-state index contributed by atoms with van der Waals surface area (Å²) in [6, 6.07) is 6.14. The van der Waals surface area contributed by atoms with E-state index < -0.39 is 22.0 Å². The van der Waals surface area contributed by atoms with Crippen LogP contribution in [0.4, 0.5) is 0 Å². The second kappa shape index (κ2) is 8.12. The molecule has 1 aromatic carbocycles. The summed E-state index contributed by atoms with van der Waals surface area (Å²) in [7, 11) is -4.05. The first-order valence-electron chi connectivity index (χ1n) is 8.20. The molecule has 2 amide bonds. The Kier molecular flexibility index (Phi) is 6.15. The average Bonchev–Trinajstić information content (AvgIpc) is 2.62. The maximum absolute atomic E-state index is 12.2. The van der Waals surface area contributed by atoms with E-state index in [1.807, 2.05) is 10.8 Å². The quantitative estimate of drug-likeness (QED) is 0.821. The highest BCUT2D eigenvalue weighted by atomic mass is 32.2. The summed E-state index contributed by atoms with van der Waals surface area (Å²) in [5, 5.41) is 11.3. The lowest BCUT2D eigenvalue weighted by Crippen LogP contribution is -2.48. The van der Waals surface area contributed by atoms with Crippen molar-refractivity contribution in [2.75, 3.05) is 0 Å². The lowest BCUT2D eigenvalue weighted by Gasteiger charge is -2.22. The molecule has 1 saturated carbocycles. The fraction of sp³-hybridized carbons (Fsp3) is 0.471. The Labute approximate surface area is 147 Å². The van der Waals surface area contributed by atoms with Crippen LogP contribution in [0.15, 0.2) is 29.2 Å². The summed E-state index contributed by atoms with van der Waals surface area (Å²) in [6.07, 6.45) is 4.69. The van der Waals surface area contributed by atoms with Gasteiger partial charge in [-0.1, -0.05) is 19.3 Å². The van der Waals surface area contributed by atoms with E-state index in [1.165, 1.54) is 31.2 Å². The van der Waals surface area contributed by atoms with Crippen molar-refractivity contribution in [2.24, 2.45) is 5.92 Å². The summed E-state index contributed by atoms with van der Waals surface area (Å²) >= 11 is 0. The van der Waals surface area contributed by atoms with E-state index in [0.29, 0.717) is 5.56 Å². The number of hydrogen-bond acceptors (Lipinski definition) is 5. The molecule has 1 aliphatic carbocycles. The van der Waals surface area contributed by atoms with Gasteiger partial charge in [0, 0.05) is 5.92 Å². The van der Waals surface area contributed by atoms with Gasteiger partial charge in [-0.25, -0.2) is 13.1 Å². The van der Waals surface area contributed by atoms with Gasteiger partial charge in [0.25, 0.3) is 15.9 Å². The molecule has 1 aliphatic rings. The molecule has 7 nitrogen and oxygen atoms in total. The van der Waals surface area contributed by atoms with Crippen molar-refractivity contribution in [3.63, 3.8) is 0 Å². The van der Waals surface area contributed by atoms with Crippen LogP contribution in [0.25, 0.3) is 0 Å². The second-order valence-corrected chi connectivity index (χ2v) is 7.85. The minimum atomic E-state index is -4.05. The minimum absolute atomic E-state index is 0.112. The Hall–Kier alpha value is -2.40. The molecular weight excluding hydrogens is 342 g/mol. The zero-order valence-corrected chi connectivity index (χ0v) is 14.8. The number of nitriles is 1. The SMILES string of the molecule is CC(NC(=O)C1CCCCC1)C(=O)NS(=O)(=O)c1ccc(C#N)cc1. The zero-order chi connectivity index (χ0) is 18.4. The Morgan fingerprint density at radius 1 is 1.16 bits per heavy atom. The number of amides is 2. The zero-order valence-electron chi connectivity index (χ0n) is 14.0. The molecule has 2 N–H and O–H groups in total. The molecule has 0 radical (unpaired) electrons. The Morgan fingerprint density at radius 2 is 1.76 bits per heavy atom. The molecule has 0 aromatic heterocycles. The van der Waals surface area contributed by atoms with E-state index in [2.05, 4.69) is 5.32 Å². The lowest BCUT2D eigenvalue weighted by molar-refractivity contribution is -0.130. The Balaban J connectivity index is 1.96. The Morgan fingerprint density at radius 3 is 2.32 bits per heavy atom. The van der Waals surface area contributed by atoms with Crippen LogP contribution in [0, 0.1) is 17.2 Å². The predicted molar refractivity (Wildman–Crippen MR) is 90.7 cm³/mol. The number of hydrogen-bond donors (Lipinski definition) is 2. The molecule has 1 unspecified atom stereocenters. The van der Waals surface area contributed by atoms with Crippen molar-refractivity contribution < 1.29 is 18.0 Å². The van der Waals surface area contributed by atoms with E-state index in [1.54, 1.807) is 0 Å². The molecule has 134 valence electrons. The first-order valence-corrected chi connectivity index (χ1v) is 9.69. The molecule has 1 atom stereocenters. The summed E-state index contributed by atoms with van der Waals surface area (Å²) in [5.74, 6) is -1.12. The monoisotopic (exact) mass is 363 g/mol. The van der Waals surface area contributed by atoms with Gasteiger partial charge in [0.05, 0.1) is 16.5 Å². The van der Waals surface area contributed by atoms with Crippen molar-refractivity contribution in [1.29, 1.82) is 5.26 Å². The van der Waals surface area contributed by atoms with Crippen molar-refractivity contribution in [3.8, 4) is 6.07 Å². The molecule has 0 bridgehead atoms. The predicted octanol–water partition coefficient (Wildman–Crippen LogP) is 1.45. The fourth-order valence-electron chi connectivity index (χ4n) is 2.75. The average molecular weight is 363 g/mol. The third-order valence-corrected chi connectivity index (χ3v) is 5.62. The molecular formula is C17H21N3O4S. The van der Waals surface area contributed by atoms with Gasteiger partial charge < -0.3 is 5.32 Å². The van der Waals surface area contributed by atoms with Gasteiger partial charge in [-0.3, -0.25) is 9.59 Å². The topological polar surface area (TPSA) is 116 Å². The van der Waals surface area contributed by atoms with Crippen LogP contribution >= 0.6 is 0 Å². The number of carbonyl (C=O) groups is 2. The first kappa shape index (κ1) is 18.9. The normalized spacial score (nSPS) is 16.5. The van der Waals surface area contributed by atoms with Crippen LogP contribution in [0.2, 0.25) is 0 Å². The first-order chi connectivity index (χ1) is 11.8. The van der Waals surface area contributed by atoms with Crippen LogP contribution in [-0.4, -0.2) is 26.3 Å². The van der Waals surface area contributed by atoms with Gasteiger partial charge in [-0.15, -0.1) is 0 Å². The molecule has 0 spiro atoms. The molecule has 25 heavy (non-hydrogen) atoms. The van der Waals surface area contributed by atoms with E-state index in [9.17, 15) is 18.0 Å². The third kappa shape index (κ3) is 5.03. The maximum atomic E-state index is 12.2. The number of benzene rings is 1. The van der Waals surface area contributed by atoms with Crippen LogP contribution in [0.3, 0.4) is 0 Å². The summed E-state index contributed by atoms with van der Waals surface area (Å²) in [4.78, 5) is 24.1. The van der Waals surface area contributed by atoms with E-state index in [0.717, 1.165) is 32.1 Å². The Bertz CT molecular complexity index is 775. The number of rotatable bonds is 5. The van der Waals surface area contributed by atoms with Gasteiger partial charge in [0.15, 0.2) is 0 Å². The van der Waals surface area contributed by atoms with Gasteiger partial charge in [-0.05, 0) is 44.0 Å². The lowest BCUT2D eigenvalue weighted by atomic mass is 9.88. The van der Waals surface area contributed by atoms with E-state index in [-0.39, 0.29) is 16.7 Å². The molecule has 2 rings (SSSR count). The van der Waals surface area contributed by atoms with Gasteiger partial charge in [0.2, 0.25) is 5.91 Å². The highest BCUT2D eigenvalue weighted by molar-refractivity contribution is 7.90. The number of nitrogens with zero attached hydrogens (tertiary/aromatic N) is 1. The molecule has 1 aromatic rings. The van der Waals surface area contributed by atoms with Gasteiger partial charge in [0.1, 0.15) is 6.04 Å². The molecule has 1 fully saturated rings. The molecule has 8 heteroatoms. The maximum Gasteiger partial charge on any atom is 0.264 e. The van der Waals surface area contributed by atoms with Crippen LogP contribution in [0.5, 0.6) is 0 Å². The van der Waals surface area contributed by atoms with Crippen molar-refractivity contribution in [1.82, 2.24) is 10.0 Å².